The minimum Gasteiger partial charge on any atom is -0.382 e. The summed E-state index contributed by atoms with van der Waals surface area (Å²) in [6.45, 7) is 4.92. The van der Waals surface area contributed by atoms with E-state index in [1.807, 2.05) is 0 Å². The maximum atomic E-state index is 13.3. The van der Waals surface area contributed by atoms with Crippen molar-refractivity contribution >= 4 is 15.5 Å². The molecule has 1 rings (SSSR count). The van der Waals surface area contributed by atoms with E-state index >= 15 is 0 Å². The van der Waals surface area contributed by atoms with Crippen molar-refractivity contribution in [2.24, 2.45) is 0 Å². The van der Waals surface area contributed by atoms with E-state index in [-0.39, 0.29) is 18.0 Å². The third-order valence-electron chi connectivity index (χ3n) is 2.55. The van der Waals surface area contributed by atoms with Crippen molar-refractivity contribution in [3.8, 4) is 0 Å². The Bertz CT molecular complexity index is 521. The maximum Gasteiger partial charge on any atom is 0.156 e. The van der Waals surface area contributed by atoms with Crippen molar-refractivity contribution in [1.29, 1.82) is 0 Å². The van der Waals surface area contributed by atoms with Crippen LogP contribution in [-0.4, -0.2) is 25.5 Å². The summed E-state index contributed by atoms with van der Waals surface area (Å²) in [5.74, 6) is -1.50. The molecule has 0 amide bonds. The van der Waals surface area contributed by atoms with Gasteiger partial charge in [-0.2, -0.15) is 0 Å². The summed E-state index contributed by atoms with van der Waals surface area (Å²) in [5.41, 5.74) is 0.0977. The van der Waals surface area contributed by atoms with E-state index in [2.05, 4.69) is 5.32 Å². The Morgan fingerprint density at radius 1 is 1.22 bits per heavy atom. The van der Waals surface area contributed by atoms with E-state index in [1.54, 1.807) is 20.8 Å². The lowest BCUT2D eigenvalue weighted by Gasteiger charge is -2.19. The second-order valence-electron chi connectivity index (χ2n) is 4.98. The second-order valence-corrected chi connectivity index (χ2v) is 7.84. The number of rotatable bonds is 4. The van der Waals surface area contributed by atoms with Crippen molar-refractivity contribution in [2.75, 3.05) is 17.6 Å². The first-order chi connectivity index (χ1) is 8.13. The zero-order valence-corrected chi connectivity index (χ0v) is 11.4. The van der Waals surface area contributed by atoms with Crippen LogP contribution in [0.2, 0.25) is 0 Å². The number of sulfone groups is 1. The third kappa shape index (κ3) is 3.66. The van der Waals surface area contributed by atoms with E-state index in [4.69, 9.17) is 0 Å². The summed E-state index contributed by atoms with van der Waals surface area (Å²) in [7, 11) is -3.25. The highest BCUT2D eigenvalue weighted by Gasteiger charge is 2.28. The Balaban J connectivity index is 2.63. The number of nitrogens with one attached hydrogen (secondary N) is 1. The lowest BCUT2D eigenvalue weighted by molar-refractivity contribution is 0.560. The van der Waals surface area contributed by atoms with Gasteiger partial charge in [-0.1, -0.05) is 0 Å². The van der Waals surface area contributed by atoms with Gasteiger partial charge in [-0.3, -0.25) is 0 Å². The molecule has 0 aliphatic carbocycles. The molecule has 0 atom stereocenters. The zero-order chi connectivity index (χ0) is 14.0. The molecule has 0 aromatic heterocycles. The molecule has 6 heteroatoms. The first-order valence-corrected chi connectivity index (χ1v) is 7.20. The van der Waals surface area contributed by atoms with Gasteiger partial charge in [0.05, 0.1) is 16.2 Å². The molecule has 0 spiro atoms. The molecule has 0 saturated carbocycles. The molecule has 1 aromatic carbocycles. The SMILES string of the molecule is CC(C)(C)S(=O)(=O)CCNc1ccc(F)cc1F. The smallest absolute Gasteiger partial charge is 0.156 e. The van der Waals surface area contributed by atoms with Gasteiger partial charge in [-0.05, 0) is 32.9 Å². The second kappa shape index (κ2) is 5.22. The fraction of sp³-hybridized carbons (Fsp3) is 0.500. The van der Waals surface area contributed by atoms with Gasteiger partial charge in [0.1, 0.15) is 11.6 Å². The van der Waals surface area contributed by atoms with Crippen molar-refractivity contribution in [3.05, 3.63) is 29.8 Å². The molecule has 0 aliphatic rings. The van der Waals surface area contributed by atoms with E-state index in [0.29, 0.717) is 0 Å². The first kappa shape index (κ1) is 14.9. The molecule has 0 unspecified atom stereocenters. The average molecular weight is 277 g/mol. The number of hydrogen-bond acceptors (Lipinski definition) is 3. The molecule has 102 valence electrons. The topological polar surface area (TPSA) is 46.2 Å². The van der Waals surface area contributed by atoms with Gasteiger partial charge in [-0.15, -0.1) is 0 Å². The van der Waals surface area contributed by atoms with Crippen molar-refractivity contribution < 1.29 is 17.2 Å². The molecule has 1 N–H and O–H groups in total. The Kier molecular flexibility index (Phi) is 4.32. The lowest BCUT2D eigenvalue weighted by Crippen LogP contribution is -2.32. The molecule has 0 saturated heterocycles. The molecule has 3 nitrogen and oxygen atoms in total. The largest absolute Gasteiger partial charge is 0.382 e. The number of hydrogen-bond donors (Lipinski definition) is 1. The minimum absolute atomic E-state index is 0.0855. The predicted molar refractivity (Wildman–Crippen MR) is 68.4 cm³/mol. The molecular weight excluding hydrogens is 260 g/mol. The van der Waals surface area contributed by atoms with Gasteiger partial charge >= 0.3 is 0 Å². The van der Waals surface area contributed by atoms with E-state index < -0.39 is 26.2 Å². The van der Waals surface area contributed by atoms with Crippen LogP contribution in [0.3, 0.4) is 0 Å². The van der Waals surface area contributed by atoms with Gasteiger partial charge in [0.2, 0.25) is 0 Å². The number of benzene rings is 1. The monoisotopic (exact) mass is 277 g/mol. The van der Waals surface area contributed by atoms with Crippen LogP contribution in [0.5, 0.6) is 0 Å². The summed E-state index contributed by atoms with van der Waals surface area (Å²) < 4.78 is 48.6. The molecule has 0 bridgehead atoms. The van der Waals surface area contributed by atoms with Gasteiger partial charge in [-0.25, -0.2) is 17.2 Å². The quantitative estimate of drug-likeness (QED) is 0.920. The fourth-order valence-corrected chi connectivity index (χ4v) is 2.24. The highest BCUT2D eigenvalue weighted by molar-refractivity contribution is 7.92. The molecule has 1 aromatic rings. The average Bonchev–Trinajstić information content (AvgIpc) is 2.19. The van der Waals surface area contributed by atoms with Crippen LogP contribution in [0.4, 0.5) is 14.5 Å². The molecule has 0 radical (unpaired) electrons. The summed E-state index contributed by atoms with van der Waals surface area (Å²) in [6, 6.07) is 3.11. The normalized spacial score (nSPS) is 12.5. The van der Waals surface area contributed by atoms with Crippen LogP contribution in [0, 0.1) is 11.6 Å². The van der Waals surface area contributed by atoms with Crippen molar-refractivity contribution in [2.45, 2.75) is 25.5 Å². The highest BCUT2D eigenvalue weighted by Crippen LogP contribution is 2.17. The predicted octanol–water partition coefficient (Wildman–Crippen LogP) is 2.59. The fourth-order valence-electron chi connectivity index (χ4n) is 1.26. The van der Waals surface area contributed by atoms with E-state index in [1.165, 1.54) is 6.07 Å². The van der Waals surface area contributed by atoms with Gasteiger partial charge in [0, 0.05) is 12.6 Å². The first-order valence-electron chi connectivity index (χ1n) is 5.55. The summed E-state index contributed by atoms with van der Waals surface area (Å²) in [5, 5.41) is 2.65. The van der Waals surface area contributed by atoms with Crippen LogP contribution < -0.4 is 5.32 Å². The standard InChI is InChI=1S/C12H17F2NO2S/c1-12(2,3)18(16,17)7-6-15-11-5-4-9(13)8-10(11)14/h4-5,8,15H,6-7H2,1-3H3. The Morgan fingerprint density at radius 2 is 1.83 bits per heavy atom. The summed E-state index contributed by atoms with van der Waals surface area (Å²) in [4.78, 5) is 0. The van der Waals surface area contributed by atoms with Gasteiger partial charge in [0.15, 0.2) is 9.84 Å². The van der Waals surface area contributed by atoms with Crippen LogP contribution >= 0.6 is 0 Å². The molecule has 0 aliphatic heterocycles. The van der Waals surface area contributed by atoms with Gasteiger partial charge in [0.25, 0.3) is 0 Å². The van der Waals surface area contributed by atoms with Gasteiger partial charge < -0.3 is 5.32 Å². The molecule has 18 heavy (non-hydrogen) atoms. The number of anilines is 1. The lowest BCUT2D eigenvalue weighted by atomic mass is 10.3. The van der Waals surface area contributed by atoms with Crippen LogP contribution in [0.1, 0.15) is 20.8 Å². The molecule has 0 fully saturated rings. The van der Waals surface area contributed by atoms with Crippen molar-refractivity contribution in [1.82, 2.24) is 0 Å². The summed E-state index contributed by atoms with van der Waals surface area (Å²) in [6.07, 6.45) is 0. The van der Waals surface area contributed by atoms with Crippen LogP contribution in [-0.2, 0) is 9.84 Å². The Hall–Kier alpha value is -1.17. The Morgan fingerprint density at radius 3 is 2.33 bits per heavy atom. The van der Waals surface area contributed by atoms with Crippen LogP contribution in [0.15, 0.2) is 18.2 Å². The maximum absolute atomic E-state index is 13.3. The minimum atomic E-state index is -3.25. The molecule has 0 heterocycles. The summed E-state index contributed by atoms with van der Waals surface area (Å²) >= 11 is 0. The zero-order valence-electron chi connectivity index (χ0n) is 10.6. The Labute approximate surface area is 106 Å². The third-order valence-corrected chi connectivity index (χ3v) is 5.16. The number of halogens is 2. The highest BCUT2D eigenvalue weighted by atomic mass is 32.2. The molecular formula is C12H17F2NO2S. The van der Waals surface area contributed by atoms with E-state index in [9.17, 15) is 17.2 Å². The van der Waals surface area contributed by atoms with Crippen molar-refractivity contribution in [3.63, 3.8) is 0 Å². The van der Waals surface area contributed by atoms with E-state index in [0.717, 1.165) is 12.1 Å². The van der Waals surface area contributed by atoms with Crippen LogP contribution in [0.25, 0.3) is 0 Å².